The number of aliphatic carboxylic acids is 1. The molecule has 20 heavy (non-hydrogen) atoms. The number of likely N-dealkylation sites (N-methyl/N-ethyl adjacent to an activating group) is 1. The van der Waals surface area contributed by atoms with Crippen LogP contribution in [0.15, 0.2) is 0 Å². The van der Waals surface area contributed by atoms with Crippen LogP contribution in [0.4, 0.5) is 5.13 Å². The lowest BCUT2D eigenvalue weighted by Gasteiger charge is -2.42. The molecule has 1 aliphatic rings. The molecule has 1 aromatic rings. The monoisotopic (exact) mass is 298 g/mol. The Morgan fingerprint density at radius 1 is 1.50 bits per heavy atom. The zero-order chi connectivity index (χ0) is 14.5. The summed E-state index contributed by atoms with van der Waals surface area (Å²) in [7, 11) is 0. The smallest absolute Gasteiger partial charge is 0.317 e. The van der Waals surface area contributed by atoms with Crippen molar-refractivity contribution in [1.29, 1.82) is 0 Å². The third-order valence-electron chi connectivity index (χ3n) is 3.64. The minimum atomic E-state index is -0.753. The Bertz CT molecular complexity index is 445. The van der Waals surface area contributed by atoms with Crippen LogP contribution in [0.5, 0.6) is 0 Å². The number of nitrogens with one attached hydrogen (secondary N) is 1. The molecule has 1 saturated carbocycles. The molecule has 1 aliphatic carbocycles. The van der Waals surface area contributed by atoms with Crippen molar-refractivity contribution in [1.82, 2.24) is 14.3 Å². The van der Waals surface area contributed by atoms with Crippen molar-refractivity contribution < 1.29 is 9.90 Å². The summed E-state index contributed by atoms with van der Waals surface area (Å²) in [6.45, 7) is 5.04. The van der Waals surface area contributed by atoms with Gasteiger partial charge in [-0.05, 0) is 25.8 Å². The summed E-state index contributed by atoms with van der Waals surface area (Å²) in [4.78, 5) is 17.2. The quantitative estimate of drug-likeness (QED) is 0.762. The van der Waals surface area contributed by atoms with Crippen LogP contribution in [0.2, 0.25) is 0 Å². The van der Waals surface area contributed by atoms with Crippen LogP contribution < -0.4 is 5.32 Å². The van der Waals surface area contributed by atoms with Crippen molar-refractivity contribution in [3.05, 3.63) is 5.82 Å². The number of nitrogens with zero attached hydrogens (tertiary/aromatic N) is 3. The predicted octanol–water partition coefficient (Wildman–Crippen LogP) is 1.84. The number of carbonyl (C=O) groups is 1. The van der Waals surface area contributed by atoms with Crippen LogP contribution in [0.25, 0.3) is 0 Å². The minimum Gasteiger partial charge on any atom is -0.480 e. The Morgan fingerprint density at radius 2 is 2.25 bits per heavy atom. The number of hydrogen-bond acceptors (Lipinski definition) is 6. The van der Waals surface area contributed by atoms with E-state index in [9.17, 15) is 4.79 Å². The van der Waals surface area contributed by atoms with Crippen molar-refractivity contribution in [3.8, 4) is 0 Å². The average molecular weight is 298 g/mol. The van der Waals surface area contributed by atoms with Gasteiger partial charge in [-0.25, -0.2) is 4.98 Å². The maximum absolute atomic E-state index is 10.8. The zero-order valence-corrected chi connectivity index (χ0v) is 12.8. The SMILES string of the molecule is CCCc1nsc(NC2CC(N(CC)CC(=O)O)C2)n1. The minimum absolute atomic E-state index is 0.132. The van der Waals surface area contributed by atoms with Crippen molar-refractivity contribution in [2.24, 2.45) is 0 Å². The van der Waals surface area contributed by atoms with Gasteiger partial charge in [0.05, 0.1) is 6.54 Å². The molecule has 2 rings (SSSR count). The molecule has 0 aromatic carbocycles. The fourth-order valence-corrected chi connectivity index (χ4v) is 3.18. The standard InChI is InChI=1S/C13H22N4O2S/c1-3-5-11-15-13(20-16-11)14-9-6-10(7-9)17(4-2)8-12(18)19/h9-10H,3-8H2,1-2H3,(H,18,19)(H,14,15,16). The van der Waals surface area contributed by atoms with Gasteiger partial charge in [0, 0.05) is 30.0 Å². The molecule has 1 fully saturated rings. The van der Waals surface area contributed by atoms with E-state index in [1.807, 2.05) is 11.8 Å². The summed E-state index contributed by atoms with van der Waals surface area (Å²) >= 11 is 1.41. The van der Waals surface area contributed by atoms with Gasteiger partial charge < -0.3 is 10.4 Å². The van der Waals surface area contributed by atoms with E-state index in [1.54, 1.807) is 0 Å². The summed E-state index contributed by atoms with van der Waals surface area (Å²) in [6, 6.07) is 0.766. The van der Waals surface area contributed by atoms with Crippen molar-refractivity contribution in [2.75, 3.05) is 18.4 Å². The molecule has 112 valence electrons. The van der Waals surface area contributed by atoms with Gasteiger partial charge in [-0.1, -0.05) is 13.8 Å². The molecule has 1 aromatic heterocycles. The first-order valence-electron chi connectivity index (χ1n) is 7.17. The Hall–Kier alpha value is -1.21. The first-order valence-corrected chi connectivity index (χ1v) is 7.94. The molecular weight excluding hydrogens is 276 g/mol. The summed E-state index contributed by atoms with van der Waals surface area (Å²) in [5.41, 5.74) is 0. The van der Waals surface area contributed by atoms with E-state index in [1.165, 1.54) is 11.5 Å². The van der Waals surface area contributed by atoms with Gasteiger partial charge in [0.1, 0.15) is 5.82 Å². The molecule has 6 nitrogen and oxygen atoms in total. The van der Waals surface area contributed by atoms with E-state index in [0.717, 1.165) is 43.2 Å². The van der Waals surface area contributed by atoms with Crippen LogP contribution in [-0.2, 0) is 11.2 Å². The second-order valence-corrected chi connectivity index (χ2v) is 5.94. The van der Waals surface area contributed by atoms with Gasteiger partial charge in [0.2, 0.25) is 5.13 Å². The maximum Gasteiger partial charge on any atom is 0.317 e. The number of anilines is 1. The van der Waals surface area contributed by atoms with Crippen molar-refractivity contribution >= 4 is 22.6 Å². The maximum atomic E-state index is 10.8. The van der Waals surface area contributed by atoms with E-state index >= 15 is 0 Å². The second-order valence-electron chi connectivity index (χ2n) is 5.19. The Balaban J connectivity index is 1.76. The Kier molecular flexibility index (Phi) is 5.31. The Morgan fingerprint density at radius 3 is 2.85 bits per heavy atom. The Labute approximate surface area is 123 Å². The average Bonchev–Trinajstić information content (AvgIpc) is 2.78. The molecule has 0 spiro atoms. The zero-order valence-electron chi connectivity index (χ0n) is 12.0. The molecule has 0 amide bonds. The molecule has 0 aliphatic heterocycles. The van der Waals surface area contributed by atoms with Crippen LogP contribution in [0.3, 0.4) is 0 Å². The van der Waals surface area contributed by atoms with Gasteiger partial charge in [0.15, 0.2) is 0 Å². The molecule has 0 atom stereocenters. The first kappa shape index (κ1) is 15.2. The number of rotatable bonds is 8. The summed E-state index contributed by atoms with van der Waals surface area (Å²) < 4.78 is 4.31. The fourth-order valence-electron chi connectivity index (χ4n) is 2.49. The molecule has 2 N–H and O–H groups in total. The van der Waals surface area contributed by atoms with Gasteiger partial charge in [-0.3, -0.25) is 9.69 Å². The van der Waals surface area contributed by atoms with Gasteiger partial charge >= 0.3 is 5.97 Å². The number of aromatic nitrogens is 2. The van der Waals surface area contributed by atoms with Gasteiger partial charge in [-0.2, -0.15) is 4.37 Å². The lowest BCUT2D eigenvalue weighted by molar-refractivity contribution is -0.139. The van der Waals surface area contributed by atoms with Crippen molar-refractivity contribution in [2.45, 2.75) is 51.6 Å². The number of hydrogen-bond donors (Lipinski definition) is 2. The highest BCUT2D eigenvalue weighted by Gasteiger charge is 2.34. The van der Waals surface area contributed by atoms with Crippen LogP contribution in [0, 0.1) is 0 Å². The highest BCUT2D eigenvalue weighted by Crippen LogP contribution is 2.29. The lowest BCUT2D eigenvalue weighted by Crippen LogP contribution is -2.51. The number of aryl methyl sites for hydroxylation is 1. The largest absolute Gasteiger partial charge is 0.480 e. The topological polar surface area (TPSA) is 78.4 Å². The predicted molar refractivity (Wildman–Crippen MR) is 79.2 cm³/mol. The van der Waals surface area contributed by atoms with Crippen LogP contribution in [-0.4, -0.2) is 50.5 Å². The molecule has 0 saturated heterocycles. The molecule has 0 unspecified atom stereocenters. The van der Waals surface area contributed by atoms with E-state index in [-0.39, 0.29) is 6.54 Å². The number of carboxylic acids is 1. The summed E-state index contributed by atoms with van der Waals surface area (Å²) in [5.74, 6) is 0.161. The highest BCUT2D eigenvalue weighted by atomic mass is 32.1. The summed E-state index contributed by atoms with van der Waals surface area (Å²) in [5, 5.41) is 13.1. The van der Waals surface area contributed by atoms with E-state index in [0.29, 0.717) is 12.1 Å². The summed E-state index contributed by atoms with van der Waals surface area (Å²) in [6.07, 6.45) is 3.93. The van der Waals surface area contributed by atoms with Crippen LogP contribution in [0.1, 0.15) is 38.9 Å². The molecular formula is C13H22N4O2S. The van der Waals surface area contributed by atoms with Crippen LogP contribution >= 0.6 is 11.5 Å². The van der Waals surface area contributed by atoms with E-state index in [2.05, 4.69) is 21.6 Å². The van der Waals surface area contributed by atoms with Gasteiger partial charge in [0.25, 0.3) is 0 Å². The highest BCUT2D eigenvalue weighted by molar-refractivity contribution is 7.09. The van der Waals surface area contributed by atoms with Gasteiger partial charge in [-0.15, -0.1) is 0 Å². The lowest BCUT2D eigenvalue weighted by atomic mass is 9.85. The fraction of sp³-hybridized carbons (Fsp3) is 0.769. The molecule has 1 heterocycles. The third-order valence-corrected chi connectivity index (χ3v) is 4.33. The third kappa shape index (κ3) is 3.89. The molecule has 0 bridgehead atoms. The van der Waals surface area contributed by atoms with E-state index in [4.69, 9.17) is 5.11 Å². The normalized spacial score (nSPS) is 21.8. The second kappa shape index (κ2) is 6.99. The first-order chi connectivity index (χ1) is 9.62. The molecule has 0 radical (unpaired) electrons. The van der Waals surface area contributed by atoms with E-state index < -0.39 is 5.97 Å². The molecule has 7 heteroatoms. The van der Waals surface area contributed by atoms with Crippen molar-refractivity contribution in [3.63, 3.8) is 0 Å². The number of carboxylic acid groups (broad SMARTS) is 1.